The van der Waals surface area contributed by atoms with E-state index in [9.17, 15) is 14.4 Å². The molecule has 2 rings (SSSR count). The topological polar surface area (TPSA) is 97.0 Å². The van der Waals surface area contributed by atoms with Gasteiger partial charge in [0.2, 0.25) is 11.8 Å². The van der Waals surface area contributed by atoms with E-state index in [2.05, 4.69) is 10.9 Å². The fourth-order valence-electron chi connectivity index (χ4n) is 2.78. The molecule has 0 saturated carbocycles. The first-order valence-corrected chi connectivity index (χ1v) is 8.66. The lowest BCUT2D eigenvalue weighted by atomic mass is 9.98. The van der Waals surface area contributed by atoms with Crippen LogP contribution in [0.2, 0.25) is 0 Å². The Balaban J connectivity index is 1.77. The number of carbonyl (C=O) groups is 3. The standard InChI is InChI=1S/C18H25N3O5/c1-3-26-18(24)21-10-4-5-14(12-21)17(23)20-19-16(22)11-13-6-8-15(25-2)9-7-13/h6-9,14H,3-5,10-12H2,1-2H3,(H,19,22)(H,20,23)/t14-/m1/s1. The van der Waals surface area contributed by atoms with Crippen LogP contribution < -0.4 is 15.6 Å². The van der Waals surface area contributed by atoms with Gasteiger partial charge in [-0.3, -0.25) is 20.4 Å². The Morgan fingerprint density at radius 3 is 2.58 bits per heavy atom. The molecule has 8 nitrogen and oxygen atoms in total. The average Bonchev–Trinajstić information content (AvgIpc) is 2.67. The number of hydrogen-bond acceptors (Lipinski definition) is 5. The fourth-order valence-corrected chi connectivity index (χ4v) is 2.78. The van der Waals surface area contributed by atoms with Crippen LogP contribution in [0.4, 0.5) is 4.79 Å². The third kappa shape index (κ3) is 5.65. The van der Waals surface area contributed by atoms with Crippen LogP contribution >= 0.6 is 0 Å². The molecule has 1 aromatic carbocycles. The molecule has 1 atom stereocenters. The third-order valence-corrected chi connectivity index (χ3v) is 4.17. The SMILES string of the molecule is CCOC(=O)N1CCC[C@@H](C(=O)NNC(=O)Cc2ccc(OC)cc2)C1. The highest BCUT2D eigenvalue weighted by atomic mass is 16.6. The Kier molecular flexibility index (Phi) is 7.25. The Morgan fingerprint density at radius 2 is 1.92 bits per heavy atom. The quantitative estimate of drug-likeness (QED) is 0.768. The molecule has 0 spiro atoms. The highest BCUT2D eigenvalue weighted by Gasteiger charge is 2.29. The minimum absolute atomic E-state index is 0.143. The molecule has 1 heterocycles. The molecule has 1 aromatic rings. The molecule has 0 aliphatic carbocycles. The van der Waals surface area contributed by atoms with E-state index in [1.165, 1.54) is 4.90 Å². The number of carbonyl (C=O) groups excluding carboxylic acids is 3. The Morgan fingerprint density at radius 1 is 1.19 bits per heavy atom. The number of benzene rings is 1. The molecule has 0 unspecified atom stereocenters. The van der Waals surface area contributed by atoms with Crippen molar-refractivity contribution in [1.29, 1.82) is 0 Å². The van der Waals surface area contributed by atoms with Crippen LogP contribution in [0.3, 0.4) is 0 Å². The molecule has 8 heteroatoms. The predicted octanol–water partition coefficient (Wildman–Crippen LogP) is 1.25. The number of piperidine rings is 1. The van der Waals surface area contributed by atoms with E-state index in [1.807, 2.05) is 0 Å². The summed E-state index contributed by atoms with van der Waals surface area (Å²) in [5.41, 5.74) is 5.68. The second-order valence-corrected chi connectivity index (χ2v) is 6.05. The van der Waals surface area contributed by atoms with Gasteiger partial charge in [0, 0.05) is 13.1 Å². The van der Waals surface area contributed by atoms with Gasteiger partial charge in [0.15, 0.2) is 0 Å². The van der Waals surface area contributed by atoms with Crippen molar-refractivity contribution < 1.29 is 23.9 Å². The summed E-state index contributed by atoms with van der Waals surface area (Å²) in [6, 6.07) is 7.12. The summed E-state index contributed by atoms with van der Waals surface area (Å²) >= 11 is 0. The third-order valence-electron chi connectivity index (χ3n) is 4.17. The largest absolute Gasteiger partial charge is 0.497 e. The van der Waals surface area contributed by atoms with Gasteiger partial charge in [-0.15, -0.1) is 0 Å². The van der Waals surface area contributed by atoms with Gasteiger partial charge in [-0.25, -0.2) is 4.79 Å². The number of hydrogen-bond donors (Lipinski definition) is 2. The first-order chi connectivity index (χ1) is 12.5. The van der Waals surface area contributed by atoms with Crippen molar-refractivity contribution in [2.24, 2.45) is 5.92 Å². The molecule has 1 fully saturated rings. The minimum Gasteiger partial charge on any atom is -0.497 e. The fraction of sp³-hybridized carbons (Fsp3) is 0.500. The second kappa shape index (κ2) is 9.65. The van der Waals surface area contributed by atoms with Gasteiger partial charge in [-0.05, 0) is 37.5 Å². The minimum atomic E-state index is -0.409. The highest BCUT2D eigenvalue weighted by Crippen LogP contribution is 2.17. The monoisotopic (exact) mass is 363 g/mol. The lowest BCUT2D eigenvalue weighted by Gasteiger charge is -2.31. The average molecular weight is 363 g/mol. The molecule has 2 N–H and O–H groups in total. The second-order valence-electron chi connectivity index (χ2n) is 6.05. The predicted molar refractivity (Wildman–Crippen MR) is 94.3 cm³/mol. The lowest BCUT2D eigenvalue weighted by molar-refractivity contribution is -0.132. The van der Waals surface area contributed by atoms with Crippen LogP contribution in [0.5, 0.6) is 5.75 Å². The van der Waals surface area contributed by atoms with Gasteiger partial charge in [-0.1, -0.05) is 12.1 Å². The number of nitrogens with one attached hydrogen (secondary N) is 2. The van der Waals surface area contributed by atoms with E-state index in [1.54, 1.807) is 38.3 Å². The molecule has 26 heavy (non-hydrogen) atoms. The van der Waals surface area contributed by atoms with Gasteiger partial charge < -0.3 is 14.4 Å². The number of rotatable bonds is 5. The summed E-state index contributed by atoms with van der Waals surface area (Å²) in [5, 5.41) is 0. The van der Waals surface area contributed by atoms with E-state index >= 15 is 0 Å². The number of ether oxygens (including phenoxy) is 2. The number of amides is 3. The maximum Gasteiger partial charge on any atom is 0.409 e. The van der Waals surface area contributed by atoms with E-state index in [-0.39, 0.29) is 24.2 Å². The van der Waals surface area contributed by atoms with Crippen molar-refractivity contribution in [3.8, 4) is 5.75 Å². The summed E-state index contributed by atoms with van der Waals surface area (Å²) in [6.45, 7) is 2.91. The van der Waals surface area contributed by atoms with Crippen LogP contribution in [0, 0.1) is 5.92 Å². The van der Waals surface area contributed by atoms with Gasteiger partial charge in [-0.2, -0.15) is 0 Å². The molecule has 0 radical (unpaired) electrons. The van der Waals surface area contributed by atoms with Gasteiger partial charge >= 0.3 is 6.09 Å². The first-order valence-electron chi connectivity index (χ1n) is 8.66. The van der Waals surface area contributed by atoms with Crippen LogP contribution in [-0.2, 0) is 20.7 Å². The van der Waals surface area contributed by atoms with Gasteiger partial charge in [0.1, 0.15) is 5.75 Å². The zero-order valence-corrected chi connectivity index (χ0v) is 15.1. The molecule has 142 valence electrons. The van der Waals surface area contributed by atoms with Gasteiger partial charge in [0.25, 0.3) is 0 Å². The molecule has 0 bridgehead atoms. The summed E-state index contributed by atoms with van der Waals surface area (Å²) in [5.74, 6) is -0.274. The van der Waals surface area contributed by atoms with Crippen molar-refractivity contribution in [2.45, 2.75) is 26.2 Å². The van der Waals surface area contributed by atoms with E-state index in [0.29, 0.717) is 31.9 Å². The molecule has 0 aromatic heterocycles. The smallest absolute Gasteiger partial charge is 0.409 e. The summed E-state index contributed by atoms with van der Waals surface area (Å²) in [6.07, 6.45) is 1.12. The van der Waals surface area contributed by atoms with Crippen molar-refractivity contribution in [3.63, 3.8) is 0 Å². The number of hydrazine groups is 1. The van der Waals surface area contributed by atoms with E-state index in [4.69, 9.17) is 9.47 Å². The summed E-state index contributed by atoms with van der Waals surface area (Å²) in [4.78, 5) is 37.5. The first kappa shape index (κ1) is 19.6. The van der Waals surface area contributed by atoms with E-state index < -0.39 is 6.09 Å². The molecule has 3 amide bonds. The molecular weight excluding hydrogens is 338 g/mol. The molecule has 1 aliphatic heterocycles. The van der Waals surface area contributed by atoms with Crippen LogP contribution in [0.25, 0.3) is 0 Å². The van der Waals surface area contributed by atoms with E-state index in [0.717, 1.165) is 12.0 Å². The molecular formula is C18H25N3O5. The van der Waals surface area contributed by atoms with Gasteiger partial charge in [0.05, 0.1) is 26.1 Å². The maximum atomic E-state index is 12.2. The van der Waals surface area contributed by atoms with Crippen LogP contribution in [0.15, 0.2) is 24.3 Å². The number of methoxy groups -OCH3 is 1. The Labute approximate surface area is 152 Å². The molecule has 1 saturated heterocycles. The van der Waals surface area contributed by atoms with Crippen molar-refractivity contribution >= 4 is 17.9 Å². The summed E-state index contributed by atoms with van der Waals surface area (Å²) in [7, 11) is 1.57. The molecule has 1 aliphatic rings. The normalized spacial score (nSPS) is 16.5. The highest BCUT2D eigenvalue weighted by molar-refractivity contribution is 5.84. The number of likely N-dealkylation sites (tertiary alicyclic amines) is 1. The Bertz CT molecular complexity index is 632. The lowest BCUT2D eigenvalue weighted by Crippen LogP contribution is -2.50. The summed E-state index contributed by atoms with van der Waals surface area (Å²) < 4.78 is 10.0. The van der Waals surface area contributed by atoms with Crippen molar-refractivity contribution in [1.82, 2.24) is 15.8 Å². The number of nitrogens with zero attached hydrogens (tertiary/aromatic N) is 1. The zero-order valence-electron chi connectivity index (χ0n) is 15.1. The maximum absolute atomic E-state index is 12.2. The van der Waals surface area contributed by atoms with Crippen LogP contribution in [-0.4, -0.2) is 49.6 Å². The Hall–Kier alpha value is -2.77. The zero-order chi connectivity index (χ0) is 18.9. The van der Waals surface area contributed by atoms with Crippen molar-refractivity contribution in [2.75, 3.05) is 26.8 Å². The van der Waals surface area contributed by atoms with Crippen LogP contribution in [0.1, 0.15) is 25.3 Å². The van der Waals surface area contributed by atoms with Crippen molar-refractivity contribution in [3.05, 3.63) is 29.8 Å².